The summed E-state index contributed by atoms with van der Waals surface area (Å²) in [5.41, 5.74) is 0.584. The van der Waals surface area contributed by atoms with Gasteiger partial charge in [0.15, 0.2) is 5.78 Å². The average Bonchev–Trinajstić information content (AvgIpc) is 2.39. The second-order valence-corrected chi connectivity index (χ2v) is 4.11. The smallest absolute Gasteiger partial charge is 0.250 e. The number of methoxy groups -OCH3 is 1. The highest BCUT2D eigenvalue weighted by Crippen LogP contribution is 2.20. The number of hydrogen-bond donors (Lipinski definition) is 0. The second kappa shape index (κ2) is 7.53. The molecule has 5 heteroatoms. The molecule has 0 aliphatic heterocycles. The number of nitrogens with zero attached hydrogens (tertiary/aromatic N) is 1. The molecule has 0 aliphatic rings. The third kappa shape index (κ3) is 4.71. The van der Waals surface area contributed by atoms with Crippen LogP contribution in [0.3, 0.4) is 0 Å². The lowest BCUT2D eigenvalue weighted by Gasteiger charge is -2.21. The molecule has 0 radical (unpaired) electrons. The van der Waals surface area contributed by atoms with Gasteiger partial charge in [0, 0.05) is 6.42 Å². The van der Waals surface area contributed by atoms with E-state index in [4.69, 9.17) is 9.57 Å². The number of hydrogen-bond acceptors (Lipinski definition) is 4. The normalized spacial score (nSPS) is 10.1. The molecule has 0 heterocycles. The van der Waals surface area contributed by atoms with Gasteiger partial charge in [-0.15, -0.1) is 0 Å². The topological polar surface area (TPSA) is 55.8 Å². The van der Waals surface area contributed by atoms with E-state index in [9.17, 15) is 9.59 Å². The van der Waals surface area contributed by atoms with Gasteiger partial charge in [-0.05, 0) is 37.6 Å². The fraction of sp³-hybridized carbons (Fsp3) is 0.429. The number of amides is 1. The highest BCUT2D eigenvalue weighted by molar-refractivity contribution is 5.91. The molecule has 0 fully saturated rings. The molecule has 0 saturated carbocycles. The van der Waals surface area contributed by atoms with Crippen molar-refractivity contribution in [2.45, 2.75) is 26.7 Å². The molecule has 104 valence electrons. The molecular weight excluding hydrogens is 246 g/mol. The number of carbonyl (C=O) groups is 2. The SMILES string of the molecule is CCCC(=O)N(OCC(C)=O)c1ccc(OC)cc1. The Kier molecular flexibility index (Phi) is 6.02. The summed E-state index contributed by atoms with van der Waals surface area (Å²) >= 11 is 0. The van der Waals surface area contributed by atoms with E-state index in [-0.39, 0.29) is 18.3 Å². The molecule has 0 saturated heterocycles. The molecule has 0 bridgehead atoms. The van der Waals surface area contributed by atoms with E-state index in [1.165, 1.54) is 12.0 Å². The van der Waals surface area contributed by atoms with Gasteiger partial charge in [-0.25, -0.2) is 0 Å². The van der Waals surface area contributed by atoms with E-state index in [1.54, 1.807) is 31.4 Å². The summed E-state index contributed by atoms with van der Waals surface area (Å²) in [4.78, 5) is 28.2. The average molecular weight is 265 g/mol. The van der Waals surface area contributed by atoms with Crippen LogP contribution in [0.5, 0.6) is 5.75 Å². The Morgan fingerprint density at radius 1 is 1.21 bits per heavy atom. The molecule has 0 atom stereocenters. The Labute approximate surface area is 113 Å². The highest BCUT2D eigenvalue weighted by atomic mass is 16.7. The Balaban J connectivity index is 2.86. The molecule has 0 aliphatic carbocycles. The van der Waals surface area contributed by atoms with Crippen molar-refractivity contribution >= 4 is 17.4 Å². The first-order valence-corrected chi connectivity index (χ1v) is 6.17. The van der Waals surface area contributed by atoms with Crippen LogP contribution in [0, 0.1) is 0 Å². The predicted octanol–water partition coefficient (Wildman–Crippen LogP) is 2.35. The van der Waals surface area contributed by atoms with Gasteiger partial charge < -0.3 is 4.74 Å². The van der Waals surface area contributed by atoms with E-state index in [2.05, 4.69) is 0 Å². The van der Waals surface area contributed by atoms with Gasteiger partial charge in [0.2, 0.25) is 0 Å². The van der Waals surface area contributed by atoms with Crippen LogP contribution in [0.25, 0.3) is 0 Å². The van der Waals surface area contributed by atoms with Crippen LogP contribution in [0.2, 0.25) is 0 Å². The zero-order valence-corrected chi connectivity index (χ0v) is 11.5. The first kappa shape index (κ1) is 15.2. The zero-order chi connectivity index (χ0) is 14.3. The molecular formula is C14H19NO4. The van der Waals surface area contributed by atoms with Crippen molar-refractivity contribution in [3.05, 3.63) is 24.3 Å². The summed E-state index contributed by atoms with van der Waals surface area (Å²) in [6.45, 7) is 3.20. The summed E-state index contributed by atoms with van der Waals surface area (Å²) < 4.78 is 5.06. The van der Waals surface area contributed by atoms with Crippen LogP contribution >= 0.6 is 0 Å². The third-order valence-electron chi connectivity index (χ3n) is 2.39. The largest absolute Gasteiger partial charge is 0.497 e. The summed E-state index contributed by atoms with van der Waals surface area (Å²) in [6.07, 6.45) is 1.08. The van der Waals surface area contributed by atoms with Crippen molar-refractivity contribution in [2.75, 3.05) is 18.8 Å². The molecule has 0 aromatic heterocycles. The number of ketones is 1. The van der Waals surface area contributed by atoms with Crippen molar-refractivity contribution in [2.24, 2.45) is 0 Å². The van der Waals surface area contributed by atoms with Crippen LogP contribution < -0.4 is 9.80 Å². The van der Waals surface area contributed by atoms with E-state index in [0.29, 0.717) is 17.9 Å². The Bertz CT molecular complexity index is 428. The maximum Gasteiger partial charge on any atom is 0.250 e. The van der Waals surface area contributed by atoms with Crippen LogP contribution in [0.15, 0.2) is 24.3 Å². The van der Waals surface area contributed by atoms with Crippen LogP contribution in [-0.2, 0) is 14.4 Å². The van der Waals surface area contributed by atoms with Crippen LogP contribution in [0.4, 0.5) is 5.69 Å². The Hall–Kier alpha value is -1.88. The molecule has 1 aromatic carbocycles. The van der Waals surface area contributed by atoms with Crippen LogP contribution in [-0.4, -0.2) is 25.4 Å². The number of carbonyl (C=O) groups excluding carboxylic acids is 2. The summed E-state index contributed by atoms with van der Waals surface area (Å²) in [5.74, 6) is 0.384. The number of ether oxygens (including phenoxy) is 1. The molecule has 0 N–H and O–H groups in total. The number of rotatable bonds is 7. The predicted molar refractivity (Wildman–Crippen MR) is 72.0 cm³/mol. The fourth-order valence-corrected chi connectivity index (χ4v) is 1.48. The van der Waals surface area contributed by atoms with Crippen molar-refractivity contribution in [3.8, 4) is 5.75 Å². The first-order chi connectivity index (χ1) is 9.08. The van der Waals surface area contributed by atoms with Crippen LogP contribution in [0.1, 0.15) is 26.7 Å². The molecule has 1 aromatic rings. The zero-order valence-electron chi connectivity index (χ0n) is 11.5. The van der Waals surface area contributed by atoms with Gasteiger partial charge in [0.1, 0.15) is 12.4 Å². The van der Waals surface area contributed by atoms with E-state index in [1.807, 2.05) is 6.92 Å². The third-order valence-corrected chi connectivity index (χ3v) is 2.39. The number of hydroxylamine groups is 1. The van der Waals surface area contributed by atoms with Crippen molar-refractivity contribution in [3.63, 3.8) is 0 Å². The van der Waals surface area contributed by atoms with Gasteiger partial charge in [0.05, 0.1) is 12.8 Å². The number of benzene rings is 1. The van der Waals surface area contributed by atoms with Gasteiger partial charge >= 0.3 is 0 Å². The van der Waals surface area contributed by atoms with Gasteiger partial charge in [-0.3, -0.25) is 14.4 Å². The lowest BCUT2D eigenvalue weighted by molar-refractivity contribution is -0.130. The maximum atomic E-state index is 12.0. The molecule has 0 spiro atoms. The highest BCUT2D eigenvalue weighted by Gasteiger charge is 2.16. The number of Topliss-reactive ketones (excluding diaryl/α,β-unsaturated/α-hetero) is 1. The van der Waals surface area contributed by atoms with Gasteiger partial charge in [-0.1, -0.05) is 6.92 Å². The second-order valence-electron chi connectivity index (χ2n) is 4.11. The quantitative estimate of drug-likeness (QED) is 0.710. The van der Waals surface area contributed by atoms with E-state index < -0.39 is 0 Å². The lowest BCUT2D eigenvalue weighted by atomic mass is 10.2. The maximum absolute atomic E-state index is 12.0. The Morgan fingerprint density at radius 3 is 2.32 bits per heavy atom. The van der Waals surface area contributed by atoms with Crippen molar-refractivity contribution in [1.29, 1.82) is 0 Å². The fourth-order valence-electron chi connectivity index (χ4n) is 1.48. The number of anilines is 1. The molecule has 1 rings (SSSR count). The van der Waals surface area contributed by atoms with E-state index >= 15 is 0 Å². The first-order valence-electron chi connectivity index (χ1n) is 6.17. The minimum Gasteiger partial charge on any atom is -0.497 e. The van der Waals surface area contributed by atoms with Gasteiger partial charge in [-0.2, -0.15) is 5.06 Å². The molecule has 19 heavy (non-hydrogen) atoms. The molecule has 5 nitrogen and oxygen atoms in total. The summed E-state index contributed by atoms with van der Waals surface area (Å²) in [6, 6.07) is 6.90. The Morgan fingerprint density at radius 2 is 1.84 bits per heavy atom. The lowest BCUT2D eigenvalue weighted by Crippen LogP contribution is -2.32. The van der Waals surface area contributed by atoms with E-state index in [0.717, 1.165) is 6.42 Å². The van der Waals surface area contributed by atoms with Crippen molar-refractivity contribution < 1.29 is 19.2 Å². The summed E-state index contributed by atoms with van der Waals surface area (Å²) in [7, 11) is 1.57. The monoisotopic (exact) mass is 265 g/mol. The van der Waals surface area contributed by atoms with Gasteiger partial charge in [0.25, 0.3) is 5.91 Å². The van der Waals surface area contributed by atoms with Crippen molar-refractivity contribution in [1.82, 2.24) is 0 Å². The minimum absolute atomic E-state index is 0.124. The standard InChI is InChI=1S/C14H19NO4/c1-4-5-14(17)15(19-10-11(2)16)12-6-8-13(18-3)9-7-12/h6-9H,4-5,10H2,1-3H3. The summed E-state index contributed by atoms with van der Waals surface area (Å²) in [5, 5.41) is 1.17. The minimum atomic E-state index is -0.172. The molecule has 1 amide bonds. The molecule has 0 unspecified atom stereocenters.